The van der Waals surface area contributed by atoms with Gasteiger partial charge in [-0.25, -0.2) is 4.79 Å². The molecule has 1 aromatic rings. The van der Waals surface area contributed by atoms with E-state index in [1.54, 1.807) is 6.26 Å². The zero-order valence-corrected chi connectivity index (χ0v) is 15.6. The molecule has 0 aliphatic carbocycles. The normalized spacial score (nSPS) is 37.0. The maximum Gasteiger partial charge on any atom is 0.337 e. The molecule has 4 aliphatic heterocycles. The number of piperidine rings is 1. The summed E-state index contributed by atoms with van der Waals surface area (Å²) in [7, 11) is 1.41. The highest BCUT2D eigenvalue weighted by Gasteiger charge is 2.61. The van der Waals surface area contributed by atoms with Crippen molar-refractivity contribution in [1.82, 2.24) is 4.90 Å². The van der Waals surface area contributed by atoms with Crippen LogP contribution in [0.4, 0.5) is 5.69 Å². The van der Waals surface area contributed by atoms with Gasteiger partial charge in [-0.15, -0.1) is 0 Å². The smallest absolute Gasteiger partial charge is 0.337 e. The third-order valence-electron chi connectivity index (χ3n) is 7.14. The van der Waals surface area contributed by atoms with Gasteiger partial charge in [0.1, 0.15) is 0 Å². The average molecular weight is 368 g/mol. The van der Waals surface area contributed by atoms with Crippen molar-refractivity contribution in [3.05, 3.63) is 41.7 Å². The van der Waals surface area contributed by atoms with E-state index in [0.717, 1.165) is 37.2 Å². The second-order valence-corrected chi connectivity index (χ2v) is 8.14. The molecule has 0 aromatic heterocycles. The van der Waals surface area contributed by atoms with Crippen LogP contribution in [0.15, 0.2) is 36.1 Å². The van der Waals surface area contributed by atoms with Crippen molar-refractivity contribution < 1.29 is 19.1 Å². The summed E-state index contributed by atoms with van der Waals surface area (Å²) in [5.74, 6) is 0.0558. The molecule has 1 unspecified atom stereocenters. The number of hydrogen-bond donors (Lipinski definition) is 1. The summed E-state index contributed by atoms with van der Waals surface area (Å²) in [6.07, 6.45) is 3.20. The number of rotatable bonds is 1. The molecule has 142 valence electrons. The van der Waals surface area contributed by atoms with E-state index in [0.29, 0.717) is 5.57 Å². The van der Waals surface area contributed by atoms with E-state index in [2.05, 4.69) is 23.2 Å². The lowest BCUT2D eigenvalue weighted by atomic mass is 9.66. The van der Waals surface area contributed by atoms with E-state index in [1.807, 2.05) is 18.2 Å². The summed E-state index contributed by atoms with van der Waals surface area (Å²) in [6, 6.07) is 8.10. The number of carbonyl (C=O) groups is 2. The monoisotopic (exact) mass is 368 g/mol. The quantitative estimate of drug-likeness (QED) is 0.769. The number of benzene rings is 1. The first-order chi connectivity index (χ1) is 13.1. The Morgan fingerprint density at radius 2 is 2.19 bits per heavy atom. The summed E-state index contributed by atoms with van der Waals surface area (Å²) in [4.78, 5) is 27.9. The molecular formula is C21H24N2O4. The van der Waals surface area contributed by atoms with Gasteiger partial charge in [0.15, 0.2) is 0 Å². The Morgan fingerprint density at radius 3 is 3.00 bits per heavy atom. The van der Waals surface area contributed by atoms with Crippen molar-refractivity contribution in [2.75, 3.05) is 25.5 Å². The van der Waals surface area contributed by atoms with E-state index in [9.17, 15) is 9.59 Å². The van der Waals surface area contributed by atoms with Crippen LogP contribution in [0.25, 0.3) is 0 Å². The fourth-order valence-corrected chi connectivity index (χ4v) is 5.77. The molecule has 1 N–H and O–H groups in total. The largest absolute Gasteiger partial charge is 0.497 e. The van der Waals surface area contributed by atoms with Gasteiger partial charge in [0.2, 0.25) is 5.91 Å². The van der Waals surface area contributed by atoms with Crippen molar-refractivity contribution in [1.29, 1.82) is 0 Å². The van der Waals surface area contributed by atoms with E-state index >= 15 is 0 Å². The van der Waals surface area contributed by atoms with Crippen LogP contribution in [0, 0.1) is 11.8 Å². The Balaban J connectivity index is 1.55. The fraction of sp³-hybridized carbons (Fsp3) is 0.524. The topological polar surface area (TPSA) is 67.9 Å². The summed E-state index contributed by atoms with van der Waals surface area (Å²) < 4.78 is 10.8. The van der Waals surface area contributed by atoms with Crippen molar-refractivity contribution in [3.63, 3.8) is 0 Å². The maximum atomic E-state index is 13.1. The minimum absolute atomic E-state index is 0.0468. The van der Waals surface area contributed by atoms with Crippen molar-refractivity contribution >= 4 is 17.6 Å². The molecule has 2 fully saturated rings. The molecule has 1 spiro atoms. The number of amides is 1. The molecular weight excluding hydrogens is 344 g/mol. The van der Waals surface area contributed by atoms with Gasteiger partial charge in [-0.2, -0.15) is 0 Å². The standard InChI is InChI=1S/C21H24N2O4/c1-12-14-10-23-8-7-21(16-5-3-4-6-17(16)22-20(21)25)18(23)9-13(14)15(11-27-12)19(24)26-2/h3-6,11-14,18H,7-10H2,1-2H3,(H,22,25)/t12-,13?,14-,18-,21-/m0/s1. The first kappa shape index (κ1) is 16.8. The minimum atomic E-state index is -0.523. The van der Waals surface area contributed by atoms with E-state index in [4.69, 9.17) is 9.47 Å². The molecule has 4 heterocycles. The predicted molar refractivity (Wildman–Crippen MR) is 99.0 cm³/mol. The Morgan fingerprint density at radius 1 is 1.37 bits per heavy atom. The first-order valence-corrected chi connectivity index (χ1v) is 9.65. The lowest BCUT2D eigenvalue weighted by molar-refractivity contribution is -0.139. The summed E-state index contributed by atoms with van der Waals surface area (Å²) in [5, 5.41) is 3.09. The predicted octanol–water partition coefficient (Wildman–Crippen LogP) is 2.06. The molecule has 6 heteroatoms. The third-order valence-corrected chi connectivity index (χ3v) is 7.14. The van der Waals surface area contributed by atoms with Crippen molar-refractivity contribution in [3.8, 4) is 0 Å². The molecule has 1 amide bonds. The molecule has 5 atom stereocenters. The zero-order chi connectivity index (χ0) is 18.8. The number of nitrogens with zero attached hydrogens (tertiary/aromatic N) is 1. The second kappa shape index (κ2) is 5.83. The van der Waals surface area contributed by atoms with Crippen LogP contribution in [0.3, 0.4) is 0 Å². The molecule has 6 nitrogen and oxygen atoms in total. The molecule has 1 aromatic carbocycles. The zero-order valence-electron chi connectivity index (χ0n) is 15.6. The van der Waals surface area contributed by atoms with Gasteiger partial charge in [0.25, 0.3) is 0 Å². The lowest BCUT2D eigenvalue weighted by Crippen LogP contribution is -2.56. The number of anilines is 1. The SMILES string of the molecule is COC(=O)C1=CO[C@@H](C)[C@@H]2CN3CC[C@@]4(C(=O)Nc5ccccc54)[C@@H]3CC12. The van der Waals surface area contributed by atoms with Crippen LogP contribution in [0.5, 0.6) is 0 Å². The molecule has 27 heavy (non-hydrogen) atoms. The number of fused-ring (bicyclic) bond motifs is 5. The Hall–Kier alpha value is -2.34. The third kappa shape index (κ3) is 2.16. The average Bonchev–Trinajstić information content (AvgIpc) is 3.20. The molecule has 4 aliphatic rings. The molecule has 0 bridgehead atoms. The number of carbonyl (C=O) groups excluding carboxylic acids is 2. The summed E-state index contributed by atoms with van der Waals surface area (Å²) in [5.41, 5.74) is 2.11. The highest BCUT2D eigenvalue weighted by Crippen LogP contribution is 2.53. The fourth-order valence-electron chi connectivity index (χ4n) is 5.77. The van der Waals surface area contributed by atoms with Crippen LogP contribution >= 0.6 is 0 Å². The van der Waals surface area contributed by atoms with E-state index in [1.165, 1.54) is 7.11 Å². The molecule has 0 radical (unpaired) electrons. The van der Waals surface area contributed by atoms with E-state index < -0.39 is 5.41 Å². The van der Waals surface area contributed by atoms with Crippen molar-refractivity contribution in [2.45, 2.75) is 37.3 Å². The van der Waals surface area contributed by atoms with Crippen LogP contribution in [-0.4, -0.2) is 49.1 Å². The number of hydrogen-bond acceptors (Lipinski definition) is 5. The van der Waals surface area contributed by atoms with Crippen molar-refractivity contribution in [2.24, 2.45) is 11.8 Å². The molecule has 5 rings (SSSR count). The lowest BCUT2D eigenvalue weighted by Gasteiger charge is -2.48. The second-order valence-electron chi connectivity index (χ2n) is 8.14. The van der Waals surface area contributed by atoms with Crippen LogP contribution in [-0.2, 0) is 24.5 Å². The van der Waals surface area contributed by atoms with Gasteiger partial charge in [0, 0.05) is 30.1 Å². The molecule has 0 saturated carbocycles. The van der Waals surface area contributed by atoms with Gasteiger partial charge in [0.05, 0.1) is 30.5 Å². The van der Waals surface area contributed by atoms with Crippen LogP contribution < -0.4 is 5.32 Å². The van der Waals surface area contributed by atoms with Gasteiger partial charge in [-0.3, -0.25) is 9.69 Å². The maximum absolute atomic E-state index is 13.1. The van der Waals surface area contributed by atoms with Gasteiger partial charge in [-0.1, -0.05) is 18.2 Å². The number of ether oxygens (including phenoxy) is 2. The Kier molecular flexibility index (Phi) is 3.63. The minimum Gasteiger partial charge on any atom is -0.497 e. The van der Waals surface area contributed by atoms with Gasteiger partial charge < -0.3 is 14.8 Å². The number of nitrogens with one attached hydrogen (secondary N) is 1. The Labute approximate surface area is 158 Å². The van der Waals surface area contributed by atoms with E-state index in [-0.39, 0.29) is 35.9 Å². The Bertz CT molecular complexity index is 850. The highest BCUT2D eigenvalue weighted by molar-refractivity contribution is 6.07. The summed E-state index contributed by atoms with van der Waals surface area (Å²) in [6.45, 7) is 3.79. The van der Waals surface area contributed by atoms with Gasteiger partial charge in [-0.05, 0) is 37.9 Å². The number of esters is 1. The number of methoxy groups -OCH3 is 1. The van der Waals surface area contributed by atoms with Crippen LogP contribution in [0.2, 0.25) is 0 Å². The van der Waals surface area contributed by atoms with Crippen LogP contribution in [0.1, 0.15) is 25.3 Å². The highest BCUT2D eigenvalue weighted by atomic mass is 16.5. The number of para-hydroxylation sites is 1. The first-order valence-electron chi connectivity index (χ1n) is 9.65. The van der Waals surface area contributed by atoms with Gasteiger partial charge >= 0.3 is 5.97 Å². The summed E-state index contributed by atoms with van der Waals surface area (Å²) >= 11 is 0. The molecule has 2 saturated heterocycles.